The average molecular weight is 616 g/mol. The Balaban J connectivity index is 0.00000529. The van der Waals surface area contributed by atoms with Crippen LogP contribution in [0, 0.1) is 0 Å². The molecule has 0 unspecified atom stereocenters. The van der Waals surface area contributed by atoms with Crippen LogP contribution in [0.2, 0.25) is 0 Å². The molecule has 0 atom stereocenters. The molecule has 232 valence electrons. The highest BCUT2D eigenvalue weighted by Gasteiger charge is 2.15. The standard InChI is InChI=1S/C37H41NO5.ClH/c1-28(39)11-9-10-23-38(26-30-18-21-34(37(40)42-3)36(25-30)41-2)24-22-33-14-7-8-15-35(33)43-27-29-16-19-32(20-17-29)31-12-5-4-6-13-31;/h4-8,12-21,25H,9-11,22-24,26-27H2,1-3H3;1H. The first-order valence-electron chi connectivity index (χ1n) is 14.8. The number of halogens is 1. The van der Waals surface area contributed by atoms with Crippen LogP contribution in [0.3, 0.4) is 0 Å². The van der Waals surface area contributed by atoms with Gasteiger partial charge in [0.15, 0.2) is 0 Å². The van der Waals surface area contributed by atoms with Gasteiger partial charge in [0.05, 0.1) is 14.2 Å². The van der Waals surface area contributed by atoms with Crippen molar-refractivity contribution in [1.29, 1.82) is 0 Å². The van der Waals surface area contributed by atoms with Crippen molar-refractivity contribution in [3.05, 3.63) is 119 Å². The lowest BCUT2D eigenvalue weighted by Crippen LogP contribution is -2.27. The number of methoxy groups -OCH3 is 2. The molecule has 0 fully saturated rings. The molecule has 4 aromatic rings. The van der Waals surface area contributed by atoms with Gasteiger partial charge in [0.1, 0.15) is 29.5 Å². The first kappa shape index (κ1) is 34.4. The van der Waals surface area contributed by atoms with Gasteiger partial charge in [-0.3, -0.25) is 4.90 Å². The van der Waals surface area contributed by atoms with Gasteiger partial charge in [0, 0.05) is 19.5 Å². The number of carbonyl (C=O) groups is 2. The summed E-state index contributed by atoms with van der Waals surface area (Å²) >= 11 is 0. The normalized spacial score (nSPS) is 10.6. The van der Waals surface area contributed by atoms with Crippen LogP contribution in [0.25, 0.3) is 11.1 Å². The van der Waals surface area contributed by atoms with Crippen molar-refractivity contribution in [2.24, 2.45) is 0 Å². The Kier molecular flexibility index (Phi) is 13.9. The third-order valence-corrected chi connectivity index (χ3v) is 7.46. The molecule has 0 amide bonds. The first-order chi connectivity index (χ1) is 21.0. The highest BCUT2D eigenvalue weighted by atomic mass is 35.5. The molecule has 0 aliphatic rings. The van der Waals surface area contributed by atoms with Crippen LogP contribution in [-0.2, 0) is 29.1 Å². The minimum Gasteiger partial charge on any atom is -0.496 e. The van der Waals surface area contributed by atoms with Crippen LogP contribution < -0.4 is 9.47 Å². The molecule has 0 saturated carbocycles. The molecule has 4 aromatic carbocycles. The van der Waals surface area contributed by atoms with Gasteiger partial charge >= 0.3 is 5.97 Å². The van der Waals surface area contributed by atoms with E-state index in [1.54, 1.807) is 20.1 Å². The van der Waals surface area contributed by atoms with E-state index in [9.17, 15) is 9.59 Å². The van der Waals surface area contributed by atoms with E-state index in [-0.39, 0.29) is 18.2 Å². The van der Waals surface area contributed by atoms with Crippen molar-refractivity contribution >= 4 is 24.2 Å². The molecule has 6 nitrogen and oxygen atoms in total. The zero-order valence-corrected chi connectivity index (χ0v) is 26.6. The van der Waals surface area contributed by atoms with Crippen LogP contribution in [0.4, 0.5) is 0 Å². The second kappa shape index (κ2) is 17.9. The summed E-state index contributed by atoms with van der Waals surface area (Å²) < 4.78 is 16.7. The van der Waals surface area contributed by atoms with Crippen molar-refractivity contribution in [1.82, 2.24) is 4.90 Å². The zero-order chi connectivity index (χ0) is 30.4. The topological polar surface area (TPSA) is 65.1 Å². The molecule has 44 heavy (non-hydrogen) atoms. The number of Topliss-reactive ketones (excluding diaryl/α,β-unsaturated/α-hetero) is 1. The molecule has 0 aliphatic heterocycles. The molecule has 0 saturated heterocycles. The summed E-state index contributed by atoms with van der Waals surface area (Å²) in [4.78, 5) is 26.0. The van der Waals surface area contributed by atoms with E-state index in [0.29, 0.717) is 30.9 Å². The Hall–Kier alpha value is -4.13. The third-order valence-electron chi connectivity index (χ3n) is 7.46. The summed E-state index contributed by atoms with van der Waals surface area (Å²) in [5.41, 5.74) is 6.10. The smallest absolute Gasteiger partial charge is 0.341 e. The van der Waals surface area contributed by atoms with Crippen molar-refractivity contribution < 1.29 is 23.8 Å². The molecule has 0 heterocycles. The van der Waals surface area contributed by atoms with Gasteiger partial charge in [0.2, 0.25) is 0 Å². The lowest BCUT2D eigenvalue weighted by Gasteiger charge is -2.23. The first-order valence-corrected chi connectivity index (χ1v) is 14.8. The monoisotopic (exact) mass is 615 g/mol. The number of ether oxygens (including phenoxy) is 3. The third kappa shape index (κ3) is 10.2. The van der Waals surface area contributed by atoms with E-state index in [1.165, 1.54) is 18.2 Å². The second-order valence-electron chi connectivity index (χ2n) is 10.7. The number of rotatable bonds is 16. The maximum absolute atomic E-state index is 12.1. The quantitative estimate of drug-likeness (QED) is 0.0941. The van der Waals surface area contributed by atoms with E-state index in [4.69, 9.17) is 14.2 Å². The van der Waals surface area contributed by atoms with Crippen molar-refractivity contribution in [3.8, 4) is 22.6 Å². The summed E-state index contributed by atoms with van der Waals surface area (Å²) in [7, 11) is 2.92. The van der Waals surface area contributed by atoms with E-state index in [2.05, 4.69) is 47.4 Å². The Morgan fingerprint density at radius 2 is 1.41 bits per heavy atom. The van der Waals surface area contributed by atoms with E-state index in [0.717, 1.165) is 54.8 Å². The maximum Gasteiger partial charge on any atom is 0.341 e. The van der Waals surface area contributed by atoms with E-state index >= 15 is 0 Å². The summed E-state index contributed by atoms with van der Waals surface area (Å²) in [5, 5.41) is 0. The SMILES string of the molecule is COC(=O)c1ccc(CN(CCCCC(C)=O)CCc2ccccc2OCc2ccc(-c3ccccc3)cc2)cc1OC.Cl. The minimum atomic E-state index is -0.423. The van der Waals surface area contributed by atoms with Crippen molar-refractivity contribution in [2.75, 3.05) is 27.3 Å². The number of para-hydroxylation sites is 1. The predicted molar refractivity (Wildman–Crippen MR) is 178 cm³/mol. The molecule has 0 aromatic heterocycles. The number of ketones is 1. The van der Waals surface area contributed by atoms with Crippen LogP contribution >= 0.6 is 12.4 Å². The predicted octanol–water partition coefficient (Wildman–Crippen LogP) is 7.95. The molecule has 0 radical (unpaired) electrons. The van der Waals surface area contributed by atoms with Gasteiger partial charge in [-0.1, -0.05) is 78.9 Å². The van der Waals surface area contributed by atoms with E-state index < -0.39 is 5.97 Å². The summed E-state index contributed by atoms with van der Waals surface area (Å²) in [6, 6.07) is 32.7. The molecule has 4 rings (SSSR count). The summed E-state index contributed by atoms with van der Waals surface area (Å²) in [5.74, 6) is 1.18. The summed E-state index contributed by atoms with van der Waals surface area (Å²) in [6.45, 7) is 4.49. The van der Waals surface area contributed by atoms with Gasteiger partial charge in [-0.15, -0.1) is 12.4 Å². The fourth-order valence-electron chi connectivity index (χ4n) is 5.06. The molecule has 0 spiro atoms. The Morgan fingerprint density at radius 3 is 2.11 bits per heavy atom. The molecule has 0 N–H and O–H groups in total. The fraction of sp³-hybridized carbons (Fsp3) is 0.297. The number of benzene rings is 4. The van der Waals surface area contributed by atoms with Gasteiger partial charge < -0.3 is 19.0 Å². The highest BCUT2D eigenvalue weighted by molar-refractivity contribution is 5.92. The van der Waals surface area contributed by atoms with Crippen molar-refractivity contribution in [2.45, 2.75) is 45.8 Å². The molecular weight excluding hydrogens is 574 g/mol. The van der Waals surface area contributed by atoms with Gasteiger partial charge in [-0.2, -0.15) is 0 Å². The zero-order valence-electron chi connectivity index (χ0n) is 25.8. The van der Waals surface area contributed by atoms with Gasteiger partial charge in [-0.25, -0.2) is 4.79 Å². The number of nitrogens with zero attached hydrogens (tertiary/aromatic N) is 1. The van der Waals surface area contributed by atoms with Crippen LogP contribution in [0.1, 0.15) is 53.2 Å². The number of esters is 1. The van der Waals surface area contributed by atoms with Gasteiger partial charge in [0.25, 0.3) is 0 Å². The largest absolute Gasteiger partial charge is 0.496 e. The van der Waals surface area contributed by atoms with Gasteiger partial charge in [-0.05, 0) is 78.7 Å². The molecule has 0 aliphatic carbocycles. The Labute approximate surface area is 267 Å². The number of hydrogen-bond acceptors (Lipinski definition) is 6. The highest BCUT2D eigenvalue weighted by Crippen LogP contribution is 2.25. The molecular formula is C37H42ClNO5. The lowest BCUT2D eigenvalue weighted by atomic mass is 10.0. The molecule has 0 bridgehead atoms. The number of unbranched alkanes of at least 4 members (excludes halogenated alkanes) is 1. The number of carbonyl (C=O) groups excluding carboxylic acids is 2. The Morgan fingerprint density at radius 1 is 0.727 bits per heavy atom. The van der Waals surface area contributed by atoms with Crippen LogP contribution in [0.5, 0.6) is 11.5 Å². The fourth-order valence-corrected chi connectivity index (χ4v) is 5.06. The molecule has 7 heteroatoms. The number of hydrogen-bond donors (Lipinski definition) is 0. The average Bonchev–Trinajstić information content (AvgIpc) is 3.05. The minimum absolute atomic E-state index is 0. The van der Waals surface area contributed by atoms with Crippen molar-refractivity contribution in [3.63, 3.8) is 0 Å². The van der Waals surface area contributed by atoms with E-state index in [1.807, 2.05) is 48.5 Å². The maximum atomic E-state index is 12.1. The summed E-state index contributed by atoms with van der Waals surface area (Å²) in [6.07, 6.45) is 3.19. The van der Waals surface area contributed by atoms with Crippen LogP contribution in [-0.4, -0.2) is 44.0 Å². The lowest BCUT2D eigenvalue weighted by molar-refractivity contribution is -0.117. The Bertz CT molecular complexity index is 1470. The van der Waals surface area contributed by atoms with Crippen LogP contribution in [0.15, 0.2) is 97.1 Å². The second-order valence-corrected chi connectivity index (χ2v) is 10.7.